The third kappa shape index (κ3) is 7.24. The Morgan fingerprint density at radius 3 is 2.25 bits per heavy atom. The fourth-order valence-electron chi connectivity index (χ4n) is 3.16. The van der Waals surface area contributed by atoms with Crippen molar-refractivity contribution in [2.75, 3.05) is 14.2 Å². The van der Waals surface area contributed by atoms with Crippen molar-refractivity contribution >= 4 is 11.9 Å². The van der Waals surface area contributed by atoms with E-state index in [0.29, 0.717) is 43.3 Å². The summed E-state index contributed by atoms with van der Waals surface area (Å²) in [5.41, 5.74) is 0.757. The molecule has 0 radical (unpaired) electrons. The van der Waals surface area contributed by atoms with Gasteiger partial charge < -0.3 is 19.7 Å². The number of methoxy groups -OCH3 is 2. The Balaban J connectivity index is 3.29. The van der Waals surface area contributed by atoms with Crippen LogP contribution in [-0.4, -0.2) is 48.1 Å². The molecule has 0 heterocycles. The second kappa shape index (κ2) is 11.2. The summed E-state index contributed by atoms with van der Waals surface area (Å²) in [4.78, 5) is 24.2. The van der Waals surface area contributed by atoms with Gasteiger partial charge in [0.1, 0.15) is 0 Å². The Kier molecular flexibility index (Phi) is 9.62. The van der Waals surface area contributed by atoms with Crippen LogP contribution in [0.2, 0.25) is 0 Å². The predicted octanol–water partition coefficient (Wildman–Crippen LogP) is 3.23. The van der Waals surface area contributed by atoms with Gasteiger partial charge in [-0.2, -0.15) is 0 Å². The minimum Gasteiger partial charge on any atom is -0.466 e. The van der Waals surface area contributed by atoms with Gasteiger partial charge in [0.15, 0.2) is 0 Å². The zero-order valence-electron chi connectivity index (χ0n) is 17.7. The molecule has 2 N–H and O–H groups in total. The highest BCUT2D eigenvalue weighted by Gasteiger charge is 2.30. The SMILES string of the molecule is COC(=O)/C1=C\CC[C@](C)(O)[C@H](O)CC/C(C(=O)OC)=C\C=C(/C(C)C)CC1. The lowest BCUT2D eigenvalue weighted by molar-refractivity contribution is -0.137. The molecule has 1 aliphatic rings. The minimum atomic E-state index is -1.33. The monoisotopic (exact) mass is 394 g/mol. The first kappa shape index (κ1) is 24.1. The van der Waals surface area contributed by atoms with Crippen LogP contribution in [0.25, 0.3) is 0 Å². The summed E-state index contributed by atoms with van der Waals surface area (Å²) in [6.45, 7) is 5.68. The maximum absolute atomic E-state index is 12.1. The van der Waals surface area contributed by atoms with Crippen molar-refractivity contribution in [2.45, 2.75) is 71.0 Å². The van der Waals surface area contributed by atoms with Crippen LogP contribution in [0, 0.1) is 5.92 Å². The maximum Gasteiger partial charge on any atom is 0.333 e. The first-order chi connectivity index (χ1) is 13.1. The average molecular weight is 395 g/mol. The highest BCUT2D eigenvalue weighted by molar-refractivity contribution is 5.89. The van der Waals surface area contributed by atoms with Crippen molar-refractivity contribution in [1.82, 2.24) is 0 Å². The molecule has 0 aromatic rings. The van der Waals surface area contributed by atoms with Gasteiger partial charge in [-0.3, -0.25) is 0 Å². The van der Waals surface area contributed by atoms with Gasteiger partial charge in [-0.05, 0) is 51.4 Å². The second-order valence-electron chi connectivity index (χ2n) is 7.75. The fraction of sp³-hybridized carbons (Fsp3) is 0.636. The molecule has 0 aromatic carbocycles. The number of hydrogen-bond donors (Lipinski definition) is 2. The molecule has 0 spiro atoms. The van der Waals surface area contributed by atoms with Crippen molar-refractivity contribution < 1.29 is 29.3 Å². The lowest BCUT2D eigenvalue weighted by Gasteiger charge is -2.29. The third-order valence-electron chi connectivity index (χ3n) is 5.26. The van der Waals surface area contributed by atoms with Gasteiger partial charge in [0.2, 0.25) is 0 Å². The number of allylic oxidation sites excluding steroid dienone is 4. The van der Waals surface area contributed by atoms with E-state index < -0.39 is 17.7 Å². The molecule has 1 rings (SSSR count). The van der Waals surface area contributed by atoms with Crippen molar-refractivity contribution in [3.63, 3.8) is 0 Å². The standard InChI is InChI=1S/C22H34O6/c1-15(2)16-8-10-17(20(24)27-4)7-6-14-22(3,26)19(23)13-12-18(11-9-16)21(25)28-5/h7,9,11,15,19,23,26H,6,8,10,12-14H2,1-5H3/b16-9-,17-7-,18-11+/t19-,22+/m1/s1. The van der Waals surface area contributed by atoms with Crippen LogP contribution in [0.4, 0.5) is 0 Å². The third-order valence-corrected chi connectivity index (χ3v) is 5.26. The summed E-state index contributed by atoms with van der Waals surface area (Å²) in [6.07, 6.45) is 6.80. The van der Waals surface area contributed by atoms with Crippen LogP contribution in [-0.2, 0) is 19.1 Å². The van der Waals surface area contributed by atoms with E-state index in [4.69, 9.17) is 9.47 Å². The van der Waals surface area contributed by atoms with Gasteiger partial charge in [0.05, 0.1) is 25.9 Å². The van der Waals surface area contributed by atoms with Crippen molar-refractivity contribution in [3.05, 3.63) is 34.9 Å². The first-order valence-corrected chi connectivity index (χ1v) is 9.78. The molecule has 2 atom stereocenters. The lowest BCUT2D eigenvalue weighted by Crippen LogP contribution is -2.39. The van der Waals surface area contributed by atoms with Gasteiger partial charge in [0, 0.05) is 11.1 Å². The number of aliphatic hydroxyl groups excluding tert-OH is 1. The smallest absolute Gasteiger partial charge is 0.333 e. The highest BCUT2D eigenvalue weighted by Crippen LogP contribution is 2.26. The van der Waals surface area contributed by atoms with E-state index in [-0.39, 0.29) is 18.3 Å². The van der Waals surface area contributed by atoms with Crippen LogP contribution < -0.4 is 0 Å². The molecule has 0 saturated heterocycles. The van der Waals surface area contributed by atoms with E-state index in [1.165, 1.54) is 14.2 Å². The maximum atomic E-state index is 12.1. The zero-order chi connectivity index (χ0) is 21.3. The number of hydrogen-bond acceptors (Lipinski definition) is 6. The summed E-state index contributed by atoms with van der Waals surface area (Å²) < 4.78 is 9.73. The summed E-state index contributed by atoms with van der Waals surface area (Å²) >= 11 is 0. The van der Waals surface area contributed by atoms with E-state index in [0.717, 1.165) is 5.57 Å². The van der Waals surface area contributed by atoms with Gasteiger partial charge in [-0.1, -0.05) is 37.6 Å². The molecule has 0 saturated carbocycles. The van der Waals surface area contributed by atoms with Gasteiger partial charge in [-0.15, -0.1) is 0 Å². The minimum absolute atomic E-state index is 0.229. The van der Waals surface area contributed by atoms with Crippen LogP contribution in [0.1, 0.15) is 59.3 Å². The molecule has 6 nitrogen and oxygen atoms in total. The average Bonchev–Trinajstić information content (AvgIpc) is 2.65. The highest BCUT2D eigenvalue weighted by atomic mass is 16.5. The largest absolute Gasteiger partial charge is 0.466 e. The Morgan fingerprint density at radius 2 is 1.68 bits per heavy atom. The van der Waals surface area contributed by atoms with E-state index >= 15 is 0 Å². The first-order valence-electron chi connectivity index (χ1n) is 9.78. The second-order valence-corrected chi connectivity index (χ2v) is 7.75. The number of rotatable bonds is 3. The molecule has 6 heteroatoms. The number of carbonyl (C=O) groups excluding carboxylic acids is 2. The molecule has 0 amide bonds. The van der Waals surface area contributed by atoms with Crippen molar-refractivity contribution in [2.24, 2.45) is 5.92 Å². The molecule has 0 bridgehead atoms. The number of carbonyl (C=O) groups is 2. The van der Waals surface area contributed by atoms with E-state index in [9.17, 15) is 19.8 Å². The summed E-state index contributed by atoms with van der Waals surface area (Å²) in [7, 11) is 2.67. The van der Waals surface area contributed by atoms with Crippen LogP contribution in [0.5, 0.6) is 0 Å². The Labute approximate surface area is 167 Å². The molecular weight excluding hydrogens is 360 g/mol. The summed E-state index contributed by atoms with van der Waals surface area (Å²) in [6, 6.07) is 0. The molecule has 0 aliphatic heterocycles. The summed E-state index contributed by atoms with van der Waals surface area (Å²) in [5, 5.41) is 21.0. The lowest BCUT2D eigenvalue weighted by atomic mass is 9.88. The Morgan fingerprint density at radius 1 is 1.07 bits per heavy atom. The van der Waals surface area contributed by atoms with Gasteiger partial charge in [-0.25, -0.2) is 9.59 Å². The fourth-order valence-corrected chi connectivity index (χ4v) is 3.16. The predicted molar refractivity (Wildman–Crippen MR) is 107 cm³/mol. The Bertz CT molecular complexity index is 639. The molecule has 1 aliphatic carbocycles. The molecule has 0 fully saturated rings. The van der Waals surface area contributed by atoms with Crippen LogP contribution in [0.15, 0.2) is 34.9 Å². The number of aliphatic hydroxyl groups is 2. The van der Waals surface area contributed by atoms with Gasteiger partial charge in [0.25, 0.3) is 0 Å². The van der Waals surface area contributed by atoms with Crippen molar-refractivity contribution in [1.29, 1.82) is 0 Å². The number of ether oxygens (including phenoxy) is 2. The van der Waals surface area contributed by atoms with Gasteiger partial charge >= 0.3 is 11.9 Å². The Hall–Kier alpha value is -1.92. The molecule has 0 unspecified atom stereocenters. The van der Waals surface area contributed by atoms with Crippen LogP contribution in [0.3, 0.4) is 0 Å². The summed E-state index contributed by atoms with van der Waals surface area (Å²) in [5.74, 6) is -0.595. The molecular formula is C22H34O6. The van der Waals surface area contributed by atoms with Crippen molar-refractivity contribution in [3.8, 4) is 0 Å². The molecule has 158 valence electrons. The van der Waals surface area contributed by atoms with E-state index in [1.807, 2.05) is 6.08 Å². The zero-order valence-corrected chi connectivity index (χ0v) is 17.7. The quantitative estimate of drug-likeness (QED) is 0.714. The normalized spacial score (nSPS) is 30.7. The molecule has 28 heavy (non-hydrogen) atoms. The van der Waals surface area contributed by atoms with E-state index in [1.54, 1.807) is 19.1 Å². The molecule has 0 aromatic heterocycles. The topological polar surface area (TPSA) is 93.1 Å². The number of esters is 2. The van der Waals surface area contributed by atoms with E-state index in [2.05, 4.69) is 13.8 Å². The van der Waals surface area contributed by atoms with Crippen LogP contribution >= 0.6 is 0 Å².